The van der Waals surface area contributed by atoms with E-state index >= 15 is 4.39 Å². The van der Waals surface area contributed by atoms with Gasteiger partial charge < -0.3 is 9.32 Å². The van der Waals surface area contributed by atoms with Gasteiger partial charge in [-0.1, -0.05) is 26.0 Å². The van der Waals surface area contributed by atoms with Crippen LogP contribution in [0.4, 0.5) is 10.1 Å². The van der Waals surface area contributed by atoms with Crippen molar-refractivity contribution < 1.29 is 13.6 Å². The van der Waals surface area contributed by atoms with E-state index in [0.29, 0.717) is 63.8 Å². The average Bonchev–Trinajstić information content (AvgIpc) is 3.51. The molecule has 1 amide bonds. The number of aryl methyl sites for hydroxylation is 2. The first-order valence-corrected chi connectivity index (χ1v) is 12.6. The monoisotopic (exact) mass is 500 g/mol. The maximum absolute atomic E-state index is 15.0. The molecule has 2 aromatic heterocycles. The van der Waals surface area contributed by atoms with Crippen LogP contribution < -0.4 is 10.6 Å². The Hall–Kier alpha value is -3.41. The molecule has 1 aromatic carbocycles. The highest BCUT2D eigenvalue weighted by molar-refractivity contribution is 5.94. The Balaban J connectivity index is 1.63. The van der Waals surface area contributed by atoms with Crippen molar-refractivity contribution in [2.45, 2.75) is 71.5 Å². The third-order valence-corrected chi connectivity index (χ3v) is 6.71. The van der Waals surface area contributed by atoms with Crippen LogP contribution in [-0.2, 0) is 29.8 Å². The highest BCUT2D eigenvalue weighted by atomic mass is 19.1. The van der Waals surface area contributed by atoms with E-state index in [4.69, 9.17) is 4.42 Å². The minimum Gasteiger partial charge on any atom is -0.423 e. The van der Waals surface area contributed by atoms with E-state index in [1.54, 1.807) is 25.1 Å². The van der Waals surface area contributed by atoms with Crippen LogP contribution >= 0.6 is 0 Å². The number of nitrogens with zero attached hydrogens (tertiary/aromatic N) is 8. The van der Waals surface area contributed by atoms with E-state index in [9.17, 15) is 9.59 Å². The van der Waals surface area contributed by atoms with Crippen LogP contribution in [0.5, 0.6) is 0 Å². The third-order valence-electron chi connectivity index (χ3n) is 6.71. The van der Waals surface area contributed by atoms with Gasteiger partial charge in [-0.2, -0.15) is 9.36 Å². The Morgan fingerprint density at radius 1 is 1.08 bits per heavy atom. The van der Waals surface area contributed by atoms with Gasteiger partial charge in [0.1, 0.15) is 11.4 Å². The maximum Gasteiger partial charge on any atom is 0.363 e. The standard InChI is InChI=1S/C24H33FN8O3/c1-4-9-20-26-27-22(36-20)24(33(21(34)5-2)19-11-8-7-10-18(19)25)12-14-30(15-13-24)16-17-32-23(35)31(6-3)28-29-32/h7-8,10-11H,4-6,9,12-17H2,1-3H3. The number of tetrazole rings is 1. The summed E-state index contributed by atoms with van der Waals surface area (Å²) in [5.41, 5.74) is -1.01. The van der Waals surface area contributed by atoms with Crippen molar-refractivity contribution in [3.63, 3.8) is 0 Å². The summed E-state index contributed by atoms with van der Waals surface area (Å²) in [6.45, 7) is 8.25. The molecule has 194 valence electrons. The zero-order valence-corrected chi connectivity index (χ0v) is 21.1. The topological polar surface area (TPSA) is 115 Å². The van der Waals surface area contributed by atoms with Crippen LogP contribution in [-0.4, -0.2) is 60.4 Å². The second-order valence-electron chi connectivity index (χ2n) is 8.96. The van der Waals surface area contributed by atoms with Crippen LogP contribution in [0.15, 0.2) is 33.5 Å². The van der Waals surface area contributed by atoms with E-state index in [-0.39, 0.29) is 23.7 Å². The highest BCUT2D eigenvalue weighted by Gasteiger charge is 2.49. The van der Waals surface area contributed by atoms with E-state index in [1.807, 2.05) is 13.8 Å². The Labute approximate surface area is 208 Å². The summed E-state index contributed by atoms with van der Waals surface area (Å²) >= 11 is 0. The highest BCUT2D eigenvalue weighted by Crippen LogP contribution is 2.42. The third kappa shape index (κ3) is 4.95. The summed E-state index contributed by atoms with van der Waals surface area (Å²) in [6, 6.07) is 6.29. The van der Waals surface area contributed by atoms with Crippen LogP contribution in [0.3, 0.4) is 0 Å². The van der Waals surface area contributed by atoms with Gasteiger partial charge in [0.05, 0.1) is 12.2 Å². The fourth-order valence-corrected chi connectivity index (χ4v) is 4.71. The molecule has 0 bridgehead atoms. The second-order valence-corrected chi connectivity index (χ2v) is 8.96. The molecule has 3 aromatic rings. The van der Waals surface area contributed by atoms with Gasteiger partial charge >= 0.3 is 5.69 Å². The van der Waals surface area contributed by atoms with Crippen LogP contribution in [0.1, 0.15) is 58.2 Å². The molecular weight excluding hydrogens is 467 g/mol. The van der Waals surface area contributed by atoms with Gasteiger partial charge in [-0.25, -0.2) is 9.18 Å². The van der Waals surface area contributed by atoms with Gasteiger partial charge in [-0.05, 0) is 48.7 Å². The number of hydrogen-bond acceptors (Lipinski definition) is 8. The smallest absolute Gasteiger partial charge is 0.363 e. The number of halogens is 1. The largest absolute Gasteiger partial charge is 0.423 e. The van der Waals surface area contributed by atoms with Crippen molar-refractivity contribution in [1.29, 1.82) is 0 Å². The lowest BCUT2D eigenvalue weighted by molar-refractivity contribution is -0.120. The van der Waals surface area contributed by atoms with E-state index in [2.05, 4.69) is 25.5 Å². The lowest BCUT2D eigenvalue weighted by Gasteiger charge is -2.46. The number of likely N-dealkylation sites (tertiary alicyclic amines) is 1. The molecule has 1 fully saturated rings. The zero-order chi connectivity index (χ0) is 25.7. The molecule has 36 heavy (non-hydrogen) atoms. The Kier molecular flexibility index (Phi) is 7.92. The molecule has 1 aliphatic heterocycles. The number of anilines is 1. The predicted molar refractivity (Wildman–Crippen MR) is 130 cm³/mol. The van der Waals surface area contributed by atoms with E-state index < -0.39 is 11.4 Å². The molecule has 0 radical (unpaired) electrons. The zero-order valence-electron chi connectivity index (χ0n) is 21.1. The minimum atomic E-state index is -0.979. The van der Waals surface area contributed by atoms with Crippen molar-refractivity contribution in [2.24, 2.45) is 0 Å². The number of carbonyl (C=O) groups excluding carboxylic acids is 1. The molecule has 0 unspecified atom stereocenters. The predicted octanol–water partition coefficient (Wildman–Crippen LogP) is 2.37. The number of amides is 1. The number of para-hydroxylation sites is 1. The quantitative estimate of drug-likeness (QED) is 0.417. The van der Waals surface area contributed by atoms with Gasteiger partial charge in [0, 0.05) is 39.0 Å². The van der Waals surface area contributed by atoms with Crippen LogP contribution in [0.2, 0.25) is 0 Å². The van der Waals surface area contributed by atoms with Crippen LogP contribution in [0.25, 0.3) is 0 Å². The van der Waals surface area contributed by atoms with Crippen molar-refractivity contribution in [3.05, 3.63) is 52.3 Å². The molecule has 0 atom stereocenters. The molecule has 12 heteroatoms. The average molecular weight is 501 g/mol. The maximum atomic E-state index is 15.0. The summed E-state index contributed by atoms with van der Waals surface area (Å²) in [4.78, 5) is 29.3. The first-order chi connectivity index (χ1) is 17.4. The number of carbonyl (C=O) groups is 1. The first-order valence-electron chi connectivity index (χ1n) is 12.6. The minimum absolute atomic E-state index is 0.200. The van der Waals surface area contributed by atoms with Gasteiger partial charge in [-0.3, -0.25) is 9.69 Å². The molecule has 4 rings (SSSR count). The Bertz CT molecular complexity index is 1230. The van der Waals surface area contributed by atoms with Crippen molar-refractivity contribution in [2.75, 3.05) is 24.5 Å². The SMILES string of the molecule is CCCc1nnc(C2(N(C(=O)CC)c3ccccc3F)CCN(CCn3nnn(CC)c3=O)CC2)o1. The number of piperidine rings is 1. The summed E-state index contributed by atoms with van der Waals surface area (Å²) in [6.07, 6.45) is 2.61. The van der Waals surface area contributed by atoms with Gasteiger partial charge in [-0.15, -0.1) is 10.2 Å². The second kappa shape index (κ2) is 11.1. The fraction of sp³-hybridized carbons (Fsp3) is 0.583. The molecule has 0 spiro atoms. The van der Waals surface area contributed by atoms with E-state index in [1.165, 1.54) is 20.3 Å². The lowest BCUT2D eigenvalue weighted by atomic mass is 9.84. The Morgan fingerprint density at radius 3 is 2.44 bits per heavy atom. The summed E-state index contributed by atoms with van der Waals surface area (Å²) < 4.78 is 23.8. The summed E-state index contributed by atoms with van der Waals surface area (Å²) in [5.74, 6) is 0.141. The van der Waals surface area contributed by atoms with Crippen molar-refractivity contribution >= 4 is 11.6 Å². The van der Waals surface area contributed by atoms with Gasteiger partial charge in [0.2, 0.25) is 17.7 Å². The molecular formula is C24H33FN8O3. The molecule has 1 saturated heterocycles. The number of hydrogen-bond donors (Lipinski definition) is 0. The van der Waals surface area contributed by atoms with Gasteiger partial charge in [0.25, 0.3) is 0 Å². The first kappa shape index (κ1) is 25.7. The molecule has 3 heterocycles. The summed E-state index contributed by atoms with van der Waals surface area (Å²) in [7, 11) is 0. The van der Waals surface area contributed by atoms with E-state index in [0.717, 1.165) is 6.42 Å². The van der Waals surface area contributed by atoms with Crippen molar-refractivity contribution in [1.82, 2.24) is 34.9 Å². The molecule has 0 aliphatic carbocycles. The molecule has 0 N–H and O–H groups in total. The molecule has 11 nitrogen and oxygen atoms in total. The molecule has 0 saturated carbocycles. The lowest BCUT2D eigenvalue weighted by Crippen LogP contribution is -2.56. The Morgan fingerprint density at radius 2 is 1.81 bits per heavy atom. The number of rotatable bonds is 10. The normalized spacial score (nSPS) is 15.8. The summed E-state index contributed by atoms with van der Waals surface area (Å²) in [5, 5.41) is 16.4. The van der Waals surface area contributed by atoms with Crippen LogP contribution in [0, 0.1) is 5.82 Å². The fourth-order valence-electron chi connectivity index (χ4n) is 4.71. The number of benzene rings is 1. The number of aromatic nitrogens is 6. The molecule has 1 aliphatic rings. The van der Waals surface area contributed by atoms with Crippen molar-refractivity contribution in [3.8, 4) is 0 Å². The van der Waals surface area contributed by atoms with Gasteiger partial charge in [0.15, 0.2) is 0 Å².